The minimum atomic E-state index is -0.224. The van der Waals surface area contributed by atoms with Gasteiger partial charge in [0.1, 0.15) is 5.82 Å². The van der Waals surface area contributed by atoms with Gasteiger partial charge in [-0.1, -0.05) is 48.5 Å². The number of aromatic nitrogens is 3. The predicted molar refractivity (Wildman–Crippen MR) is 131 cm³/mol. The summed E-state index contributed by atoms with van der Waals surface area (Å²) in [5.74, 6) is 0.600. The van der Waals surface area contributed by atoms with E-state index in [1.54, 1.807) is 0 Å². The summed E-state index contributed by atoms with van der Waals surface area (Å²) in [6.07, 6.45) is 0. The molecule has 0 bridgehead atoms. The number of nitrogens with two attached hydrogens (primary N) is 1. The van der Waals surface area contributed by atoms with Crippen LogP contribution in [0, 0.1) is 6.92 Å². The second kappa shape index (κ2) is 6.93. The summed E-state index contributed by atoms with van der Waals surface area (Å²) >= 11 is 0. The van der Waals surface area contributed by atoms with E-state index in [0.717, 1.165) is 60.6 Å². The smallest absolute Gasteiger partial charge is 0.238 e. The van der Waals surface area contributed by atoms with Crippen LogP contribution >= 0.6 is 0 Å². The van der Waals surface area contributed by atoms with E-state index in [4.69, 9.17) is 10.7 Å². The Hall–Kier alpha value is -4.16. The summed E-state index contributed by atoms with van der Waals surface area (Å²) < 4.78 is 0. The second-order valence-electron chi connectivity index (χ2n) is 8.04. The molecule has 156 valence electrons. The molecule has 6 rings (SSSR count). The van der Waals surface area contributed by atoms with Gasteiger partial charge < -0.3 is 21.0 Å². The van der Waals surface area contributed by atoms with E-state index >= 15 is 0 Å². The van der Waals surface area contributed by atoms with Gasteiger partial charge in [-0.25, -0.2) is 4.98 Å². The number of aryl methyl sites for hydroxylation is 1. The maximum Gasteiger partial charge on any atom is 0.238 e. The van der Waals surface area contributed by atoms with Gasteiger partial charge in [0.15, 0.2) is 0 Å². The highest BCUT2D eigenvalue weighted by atomic mass is 16.1. The lowest BCUT2D eigenvalue weighted by Gasteiger charge is -2.09. The molecule has 0 saturated heterocycles. The second-order valence-corrected chi connectivity index (χ2v) is 8.04. The Morgan fingerprint density at radius 2 is 1.62 bits per heavy atom. The van der Waals surface area contributed by atoms with Crippen LogP contribution in [0.15, 0.2) is 66.7 Å². The van der Waals surface area contributed by atoms with Gasteiger partial charge in [0.25, 0.3) is 0 Å². The van der Waals surface area contributed by atoms with Crippen molar-refractivity contribution in [3.05, 3.63) is 72.4 Å². The largest absolute Gasteiger partial charge is 0.358 e. The van der Waals surface area contributed by atoms with Crippen molar-refractivity contribution in [2.24, 2.45) is 5.73 Å². The van der Waals surface area contributed by atoms with Crippen molar-refractivity contribution >= 4 is 55.1 Å². The first-order chi connectivity index (χ1) is 15.6. The maximum atomic E-state index is 11.9. The fourth-order valence-corrected chi connectivity index (χ4v) is 4.66. The summed E-state index contributed by atoms with van der Waals surface area (Å²) in [6, 6.07) is 22.5. The number of amides is 1. The summed E-state index contributed by atoms with van der Waals surface area (Å²) in [6.45, 7) is 2.01. The Morgan fingerprint density at radius 3 is 2.44 bits per heavy atom. The van der Waals surface area contributed by atoms with Crippen molar-refractivity contribution in [1.29, 1.82) is 0 Å². The van der Waals surface area contributed by atoms with Crippen molar-refractivity contribution < 1.29 is 4.79 Å². The Bertz CT molecular complexity index is 1670. The number of hydrogen-bond acceptors (Lipinski definition) is 3. The molecule has 5 N–H and O–H groups in total. The van der Waals surface area contributed by atoms with Crippen LogP contribution in [0.3, 0.4) is 0 Å². The van der Waals surface area contributed by atoms with Crippen LogP contribution in [0.25, 0.3) is 54.9 Å². The molecule has 0 spiro atoms. The van der Waals surface area contributed by atoms with Gasteiger partial charge in [0.2, 0.25) is 5.91 Å². The van der Waals surface area contributed by atoms with Crippen LogP contribution in [0.4, 0.5) is 5.69 Å². The van der Waals surface area contributed by atoms with Gasteiger partial charge in [-0.3, -0.25) is 4.79 Å². The molecule has 0 aliphatic rings. The summed E-state index contributed by atoms with van der Waals surface area (Å²) in [5, 5.41) is 8.31. The minimum absolute atomic E-state index is 0.0580. The maximum absolute atomic E-state index is 11.9. The SMILES string of the molecule is Cc1[nH]c2ccccc2c1-c1nc2c3cc(NC(=O)CN)ccc3c3ccccc3c2[nH]1. The van der Waals surface area contributed by atoms with E-state index in [0.29, 0.717) is 5.69 Å². The van der Waals surface area contributed by atoms with E-state index in [1.807, 2.05) is 42.5 Å². The van der Waals surface area contributed by atoms with Gasteiger partial charge >= 0.3 is 0 Å². The lowest BCUT2D eigenvalue weighted by atomic mass is 9.99. The molecule has 6 aromatic rings. The van der Waals surface area contributed by atoms with Gasteiger partial charge in [0, 0.05) is 38.6 Å². The molecule has 1 amide bonds. The number of carbonyl (C=O) groups excluding carboxylic acids is 1. The number of anilines is 1. The number of para-hydroxylation sites is 1. The van der Waals surface area contributed by atoms with Crippen molar-refractivity contribution in [3.63, 3.8) is 0 Å². The van der Waals surface area contributed by atoms with Crippen LogP contribution in [-0.4, -0.2) is 27.4 Å². The third-order valence-electron chi connectivity index (χ3n) is 6.06. The molecule has 6 nitrogen and oxygen atoms in total. The number of aromatic amines is 2. The first kappa shape index (κ1) is 18.6. The molecule has 2 aromatic heterocycles. The van der Waals surface area contributed by atoms with Crippen LogP contribution in [0.2, 0.25) is 0 Å². The zero-order valence-electron chi connectivity index (χ0n) is 17.5. The average molecular weight is 419 g/mol. The molecule has 0 aliphatic heterocycles. The van der Waals surface area contributed by atoms with Gasteiger partial charge in [-0.2, -0.15) is 0 Å². The van der Waals surface area contributed by atoms with Gasteiger partial charge in [-0.15, -0.1) is 0 Å². The van der Waals surface area contributed by atoms with Crippen LogP contribution < -0.4 is 11.1 Å². The average Bonchev–Trinajstić information content (AvgIpc) is 3.39. The molecule has 0 aliphatic carbocycles. The van der Waals surface area contributed by atoms with Crippen LogP contribution in [-0.2, 0) is 4.79 Å². The molecule has 0 fully saturated rings. The van der Waals surface area contributed by atoms with E-state index in [2.05, 4.69) is 46.5 Å². The number of imidazole rings is 1. The number of H-pyrrole nitrogens is 2. The summed E-state index contributed by atoms with van der Waals surface area (Å²) in [5.41, 5.74) is 11.3. The number of carbonyl (C=O) groups is 1. The molecule has 2 heterocycles. The monoisotopic (exact) mass is 419 g/mol. The number of hydrogen-bond donors (Lipinski definition) is 4. The van der Waals surface area contributed by atoms with Crippen molar-refractivity contribution in [2.45, 2.75) is 6.92 Å². The molecule has 32 heavy (non-hydrogen) atoms. The zero-order valence-corrected chi connectivity index (χ0v) is 17.5. The Morgan fingerprint density at radius 1 is 0.906 bits per heavy atom. The zero-order chi connectivity index (χ0) is 21.8. The standard InChI is InChI=1S/C26H21N5O/c1-14-23(19-8-4-5-9-21(19)28-14)26-30-24-18-7-3-2-6-16(18)17-11-10-15(29-22(32)13-27)12-20(17)25(24)31-26/h2-12,28H,13,27H2,1H3,(H,29,32)(H,30,31). The lowest BCUT2D eigenvalue weighted by Crippen LogP contribution is -2.21. The fourth-order valence-electron chi connectivity index (χ4n) is 4.66. The van der Waals surface area contributed by atoms with E-state index < -0.39 is 0 Å². The highest BCUT2D eigenvalue weighted by Crippen LogP contribution is 2.38. The molecule has 4 aromatic carbocycles. The van der Waals surface area contributed by atoms with Gasteiger partial charge in [-0.05, 0) is 35.9 Å². The van der Waals surface area contributed by atoms with Crippen molar-refractivity contribution in [2.75, 3.05) is 11.9 Å². The molecular formula is C26H21N5O. The lowest BCUT2D eigenvalue weighted by molar-refractivity contribution is -0.114. The molecule has 0 saturated carbocycles. The summed E-state index contributed by atoms with van der Waals surface area (Å²) in [7, 11) is 0. The molecule has 0 atom stereocenters. The molecule has 0 radical (unpaired) electrons. The minimum Gasteiger partial charge on any atom is -0.358 e. The highest BCUT2D eigenvalue weighted by Gasteiger charge is 2.18. The highest BCUT2D eigenvalue weighted by molar-refractivity contribution is 6.24. The van der Waals surface area contributed by atoms with Gasteiger partial charge in [0.05, 0.1) is 17.6 Å². The van der Waals surface area contributed by atoms with E-state index in [1.165, 1.54) is 0 Å². The number of nitrogens with zero attached hydrogens (tertiary/aromatic N) is 1. The summed E-state index contributed by atoms with van der Waals surface area (Å²) in [4.78, 5) is 24.0. The van der Waals surface area contributed by atoms with Crippen molar-refractivity contribution in [3.8, 4) is 11.4 Å². The Balaban J connectivity index is 1.69. The normalized spacial score (nSPS) is 11.7. The number of fused-ring (bicyclic) bond motifs is 7. The van der Waals surface area contributed by atoms with E-state index in [-0.39, 0.29) is 12.5 Å². The van der Waals surface area contributed by atoms with Crippen LogP contribution in [0.1, 0.15) is 5.69 Å². The van der Waals surface area contributed by atoms with Crippen LogP contribution in [0.5, 0.6) is 0 Å². The topological polar surface area (TPSA) is 99.6 Å². The quantitative estimate of drug-likeness (QED) is 0.296. The third-order valence-corrected chi connectivity index (χ3v) is 6.06. The third kappa shape index (κ3) is 2.70. The Labute approximate surface area is 183 Å². The number of rotatable bonds is 3. The first-order valence-electron chi connectivity index (χ1n) is 10.6. The number of nitrogens with one attached hydrogen (secondary N) is 3. The molecule has 6 heteroatoms. The Kier molecular flexibility index (Phi) is 4.03. The number of benzene rings is 4. The first-order valence-corrected chi connectivity index (χ1v) is 10.6. The van der Waals surface area contributed by atoms with E-state index in [9.17, 15) is 4.79 Å². The fraction of sp³-hybridized carbons (Fsp3) is 0.0769. The van der Waals surface area contributed by atoms with Crippen molar-refractivity contribution in [1.82, 2.24) is 15.0 Å². The molecular weight excluding hydrogens is 398 g/mol. The predicted octanol–water partition coefficient (Wildman–Crippen LogP) is 5.22. The molecule has 0 unspecified atom stereocenters.